The van der Waals surface area contributed by atoms with Crippen LogP contribution in [0.1, 0.15) is 15.9 Å². The molecular weight excluding hydrogens is 519 g/mol. The van der Waals surface area contributed by atoms with Crippen molar-refractivity contribution in [2.75, 3.05) is 13.7 Å². The molecule has 0 aliphatic carbocycles. The molecule has 0 aliphatic rings. The van der Waals surface area contributed by atoms with Crippen molar-refractivity contribution in [3.05, 3.63) is 55.6 Å². The Hall–Kier alpha value is -2.14. The lowest BCUT2D eigenvalue weighted by Gasteiger charge is -2.06. The average molecular weight is 533 g/mol. The van der Waals surface area contributed by atoms with Gasteiger partial charge in [-0.05, 0) is 80.5 Å². The number of nitrogens with one attached hydrogen (secondary N) is 1. The summed E-state index contributed by atoms with van der Waals surface area (Å²) in [5, 5.41) is 12.5. The topological polar surface area (TPSA) is 97.2 Å². The van der Waals surface area contributed by atoms with Crippen LogP contribution in [0.3, 0.4) is 0 Å². The number of amides is 1. The number of aliphatic carboxylic acids is 1. The molecule has 0 saturated carbocycles. The fourth-order valence-corrected chi connectivity index (χ4v) is 2.95. The molecule has 0 unspecified atom stereocenters. The second kappa shape index (κ2) is 9.53. The summed E-state index contributed by atoms with van der Waals surface area (Å²) >= 11 is 5.41. The van der Waals surface area contributed by atoms with Crippen LogP contribution in [-0.4, -0.2) is 36.9 Å². The van der Waals surface area contributed by atoms with Crippen LogP contribution in [0.5, 0.6) is 11.5 Å². The highest BCUT2D eigenvalue weighted by atomic mass is 127. The molecule has 2 aromatic carbocycles. The molecule has 0 heterocycles. The summed E-state index contributed by atoms with van der Waals surface area (Å²) in [7, 11) is 1.54. The molecule has 9 heteroatoms. The molecule has 2 N–H and O–H groups in total. The minimum atomic E-state index is -1.06. The summed E-state index contributed by atoms with van der Waals surface area (Å²) in [6, 6.07) is 10.1. The largest absolute Gasteiger partial charge is 0.496 e. The van der Waals surface area contributed by atoms with E-state index >= 15 is 0 Å². The number of carbonyl (C=O) groups is 2. The number of carboxylic acids is 1. The summed E-state index contributed by atoms with van der Waals surface area (Å²) in [6.07, 6.45) is 1.47. The lowest BCUT2D eigenvalue weighted by atomic mass is 10.2. The van der Waals surface area contributed by atoms with Crippen molar-refractivity contribution in [2.45, 2.75) is 0 Å². The fraction of sp³-hybridized carbons (Fsp3) is 0.118. The number of benzene rings is 2. The molecule has 136 valence electrons. The zero-order valence-electron chi connectivity index (χ0n) is 13.5. The third-order valence-electron chi connectivity index (χ3n) is 3.10. The molecule has 7 nitrogen and oxygen atoms in total. The van der Waals surface area contributed by atoms with Crippen molar-refractivity contribution in [3.8, 4) is 11.5 Å². The van der Waals surface area contributed by atoms with E-state index in [-0.39, 0.29) is 5.91 Å². The summed E-state index contributed by atoms with van der Waals surface area (Å²) < 4.78 is 11.8. The summed E-state index contributed by atoms with van der Waals surface area (Å²) in [5.41, 5.74) is 3.56. The third kappa shape index (κ3) is 5.70. The predicted molar refractivity (Wildman–Crippen MR) is 108 cm³/mol. The van der Waals surface area contributed by atoms with Crippen LogP contribution < -0.4 is 14.9 Å². The van der Waals surface area contributed by atoms with E-state index in [9.17, 15) is 9.59 Å². The third-order valence-corrected chi connectivity index (χ3v) is 4.61. The van der Waals surface area contributed by atoms with Crippen LogP contribution >= 0.6 is 38.5 Å². The first-order chi connectivity index (χ1) is 12.4. The van der Waals surface area contributed by atoms with Gasteiger partial charge in [0.2, 0.25) is 0 Å². The molecule has 2 rings (SSSR count). The van der Waals surface area contributed by atoms with Crippen molar-refractivity contribution < 1.29 is 24.2 Å². The van der Waals surface area contributed by atoms with Crippen LogP contribution in [0.25, 0.3) is 0 Å². The van der Waals surface area contributed by atoms with Crippen molar-refractivity contribution in [1.82, 2.24) is 5.43 Å². The van der Waals surface area contributed by atoms with Crippen LogP contribution in [0.2, 0.25) is 0 Å². The smallest absolute Gasteiger partial charge is 0.341 e. The van der Waals surface area contributed by atoms with Gasteiger partial charge in [0.25, 0.3) is 5.91 Å². The fourth-order valence-electron chi connectivity index (χ4n) is 1.88. The Morgan fingerprint density at radius 1 is 1.27 bits per heavy atom. The van der Waals surface area contributed by atoms with Gasteiger partial charge in [0, 0.05) is 5.56 Å². The number of hydrogen-bond donors (Lipinski definition) is 2. The number of nitrogens with zero attached hydrogens (tertiary/aromatic N) is 1. The zero-order chi connectivity index (χ0) is 19.1. The summed E-state index contributed by atoms with van der Waals surface area (Å²) in [5.74, 6) is -0.406. The van der Waals surface area contributed by atoms with Gasteiger partial charge < -0.3 is 14.6 Å². The lowest BCUT2D eigenvalue weighted by Crippen LogP contribution is -2.17. The quantitative estimate of drug-likeness (QED) is 0.324. The molecule has 26 heavy (non-hydrogen) atoms. The van der Waals surface area contributed by atoms with Gasteiger partial charge in [-0.1, -0.05) is 0 Å². The van der Waals surface area contributed by atoms with E-state index in [1.54, 1.807) is 43.5 Å². The molecule has 2 aromatic rings. The van der Waals surface area contributed by atoms with Gasteiger partial charge in [-0.2, -0.15) is 5.10 Å². The number of hydrazone groups is 1. The van der Waals surface area contributed by atoms with E-state index < -0.39 is 12.6 Å². The summed E-state index contributed by atoms with van der Waals surface area (Å²) in [6.45, 7) is -0.429. The maximum absolute atomic E-state index is 12.1. The number of carbonyl (C=O) groups excluding carboxylic acids is 1. The number of methoxy groups -OCH3 is 1. The highest BCUT2D eigenvalue weighted by molar-refractivity contribution is 14.1. The maximum atomic E-state index is 12.1. The Kier molecular flexibility index (Phi) is 7.39. The first-order valence-electron chi connectivity index (χ1n) is 7.22. The van der Waals surface area contributed by atoms with E-state index in [1.807, 2.05) is 0 Å². The van der Waals surface area contributed by atoms with E-state index in [4.69, 9.17) is 14.6 Å². The minimum absolute atomic E-state index is 0.364. The first-order valence-corrected chi connectivity index (χ1v) is 9.09. The normalized spacial score (nSPS) is 10.6. The van der Waals surface area contributed by atoms with E-state index in [2.05, 4.69) is 49.0 Å². The number of halogens is 2. The van der Waals surface area contributed by atoms with Gasteiger partial charge in [0.05, 0.1) is 21.4 Å². The lowest BCUT2D eigenvalue weighted by molar-refractivity contribution is -0.139. The van der Waals surface area contributed by atoms with Crippen molar-refractivity contribution in [1.29, 1.82) is 0 Å². The number of carboxylic acid groups (broad SMARTS) is 1. The van der Waals surface area contributed by atoms with Crippen LogP contribution in [0, 0.1) is 3.57 Å². The number of ether oxygens (including phenoxy) is 2. The van der Waals surface area contributed by atoms with Gasteiger partial charge in [-0.15, -0.1) is 0 Å². The molecule has 0 aromatic heterocycles. The summed E-state index contributed by atoms with van der Waals surface area (Å²) in [4.78, 5) is 22.6. The SMILES string of the molecule is COc1cc(C(=O)N/N=C\c2ccc(OCC(=O)O)c(Br)c2)ccc1I. The number of rotatable bonds is 7. The minimum Gasteiger partial charge on any atom is -0.496 e. The Labute approximate surface area is 171 Å². The molecule has 0 spiro atoms. The second-order valence-electron chi connectivity index (χ2n) is 4.92. The Balaban J connectivity index is 2.00. The predicted octanol–water partition coefficient (Wildman–Crippen LogP) is 3.29. The molecular formula is C17H14BrIN2O5. The molecule has 0 fully saturated rings. The standard InChI is InChI=1S/C17H14BrIN2O5/c1-25-15-7-11(3-4-13(15)19)17(24)21-20-8-10-2-5-14(12(18)6-10)26-9-16(22)23/h2-8H,9H2,1H3,(H,21,24)(H,22,23)/b20-8-. The van der Waals surface area contributed by atoms with Crippen LogP contribution in [0.4, 0.5) is 0 Å². The van der Waals surface area contributed by atoms with Gasteiger partial charge in [0.15, 0.2) is 6.61 Å². The maximum Gasteiger partial charge on any atom is 0.341 e. The Morgan fingerprint density at radius 3 is 2.69 bits per heavy atom. The van der Waals surface area contributed by atoms with E-state index in [0.717, 1.165) is 3.57 Å². The van der Waals surface area contributed by atoms with Gasteiger partial charge in [-0.3, -0.25) is 4.79 Å². The first kappa shape index (κ1) is 20.2. The van der Waals surface area contributed by atoms with Gasteiger partial charge in [0.1, 0.15) is 11.5 Å². The Bertz CT molecular complexity index is 857. The van der Waals surface area contributed by atoms with E-state index in [0.29, 0.717) is 27.1 Å². The molecule has 0 atom stereocenters. The van der Waals surface area contributed by atoms with Gasteiger partial charge in [-0.25, -0.2) is 10.2 Å². The van der Waals surface area contributed by atoms with Crippen molar-refractivity contribution in [2.24, 2.45) is 5.10 Å². The molecule has 1 amide bonds. The molecule has 0 saturated heterocycles. The average Bonchev–Trinajstić information content (AvgIpc) is 2.61. The molecule has 0 bridgehead atoms. The van der Waals surface area contributed by atoms with Gasteiger partial charge >= 0.3 is 5.97 Å². The van der Waals surface area contributed by atoms with Crippen molar-refractivity contribution >= 4 is 56.6 Å². The van der Waals surface area contributed by atoms with E-state index in [1.165, 1.54) is 6.21 Å². The second-order valence-corrected chi connectivity index (χ2v) is 6.94. The monoisotopic (exact) mass is 532 g/mol. The highest BCUT2D eigenvalue weighted by Gasteiger charge is 2.08. The zero-order valence-corrected chi connectivity index (χ0v) is 17.3. The molecule has 0 aliphatic heterocycles. The van der Waals surface area contributed by atoms with Crippen LogP contribution in [-0.2, 0) is 4.79 Å². The van der Waals surface area contributed by atoms with Crippen molar-refractivity contribution in [3.63, 3.8) is 0 Å². The Morgan fingerprint density at radius 2 is 2.04 bits per heavy atom. The highest BCUT2D eigenvalue weighted by Crippen LogP contribution is 2.25. The molecule has 0 radical (unpaired) electrons. The van der Waals surface area contributed by atoms with Crippen LogP contribution in [0.15, 0.2) is 46.0 Å². The number of hydrogen-bond acceptors (Lipinski definition) is 5.